The van der Waals surface area contributed by atoms with Crippen molar-refractivity contribution in [3.05, 3.63) is 88.9 Å². The minimum atomic E-state index is -3.79. The maximum atomic E-state index is 13.0. The molecule has 1 saturated heterocycles. The molecule has 0 atom stereocenters. The minimum absolute atomic E-state index is 0.105. The van der Waals surface area contributed by atoms with Gasteiger partial charge in [0.1, 0.15) is 0 Å². The van der Waals surface area contributed by atoms with Gasteiger partial charge in [-0.2, -0.15) is 4.31 Å². The third-order valence-corrected chi connectivity index (χ3v) is 10.1. The van der Waals surface area contributed by atoms with Gasteiger partial charge in [-0.15, -0.1) is 0 Å². The summed E-state index contributed by atoms with van der Waals surface area (Å²) in [7, 11) is -5.97. The second-order valence-electron chi connectivity index (χ2n) is 8.48. The lowest BCUT2D eigenvalue weighted by Gasteiger charge is -2.34. The first-order chi connectivity index (χ1) is 17.0. The molecule has 1 fully saturated rings. The summed E-state index contributed by atoms with van der Waals surface area (Å²) in [6.45, 7) is 2.81. The molecule has 36 heavy (non-hydrogen) atoms. The number of aryl methyl sites for hydroxylation is 1. The summed E-state index contributed by atoms with van der Waals surface area (Å²) >= 11 is 5.86. The van der Waals surface area contributed by atoms with Crippen molar-refractivity contribution in [2.24, 2.45) is 0 Å². The number of nitrogens with zero attached hydrogens (tertiary/aromatic N) is 3. The highest BCUT2D eigenvalue weighted by atomic mass is 35.5. The molecule has 190 valence electrons. The van der Waals surface area contributed by atoms with Crippen LogP contribution in [0.3, 0.4) is 0 Å². The van der Waals surface area contributed by atoms with Gasteiger partial charge in [-0.1, -0.05) is 29.3 Å². The van der Waals surface area contributed by atoms with Crippen molar-refractivity contribution in [2.75, 3.05) is 37.5 Å². The maximum absolute atomic E-state index is 13.0. The number of hydrogen-bond acceptors (Lipinski definition) is 5. The Labute approximate surface area is 216 Å². The molecule has 0 aliphatic carbocycles. The van der Waals surface area contributed by atoms with Crippen LogP contribution in [-0.4, -0.2) is 65.2 Å². The predicted octanol–water partition coefficient (Wildman–Crippen LogP) is 3.62. The van der Waals surface area contributed by atoms with Gasteiger partial charge < -0.3 is 4.90 Å². The fourth-order valence-electron chi connectivity index (χ4n) is 3.89. The molecular formula is C25H26ClN3O5S2. The number of halogens is 1. The van der Waals surface area contributed by atoms with Gasteiger partial charge in [0.25, 0.3) is 15.9 Å². The maximum Gasteiger partial charge on any atom is 0.264 e. The lowest BCUT2D eigenvalue weighted by Crippen LogP contribution is -2.50. The molecule has 4 rings (SSSR count). The molecule has 0 unspecified atom stereocenters. The van der Waals surface area contributed by atoms with E-state index in [4.69, 9.17) is 11.6 Å². The van der Waals surface area contributed by atoms with E-state index in [1.165, 1.54) is 35.6 Å². The van der Waals surface area contributed by atoms with Gasteiger partial charge in [-0.05, 0) is 67.6 Å². The summed E-state index contributed by atoms with van der Waals surface area (Å²) < 4.78 is 54.1. The monoisotopic (exact) mass is 547 g/mol. The Balaban J connectivity index is 1.41. The smallest absolute Gasteiger partial charge is 0.264 e. The average Bonchev–Trinajstić information content (AvgIpc) is 2.88. The first-order valence-corrected chi connectivity index (χ1v) is 14.5. The quantitative estimate of drug-likeness (QED) is 0.470. The zero-order valence-corrected chi connectivity index (χ0v) is 22.2. The molecule has 1 heterocycles. The highest BCUT2D eigenvalue weighted by Crippen LogP contribution is 2.24. The molecule has 8 nitrogen and oxygen atoms in total. The second kappa shape index (κ2) is 10.2. The van der Waals surface area contributed by atoms with Crippen LogP contribution in [-0.2, 0) is 20.0 Å². The Morgan fingerprint density at radius 3 is 1.86 bits per heavy atom. The number of carbonyl (C=O) groups is 1. The Hall–Kier alpha value is -2.92. The van der Waals surface area contributed by atoms with Crippen molar-refractivity contribution >= 4 is 43.2 Å². The van der Waals surface area contributed by atoms with Crippen molar-refractivity contribution in [1.82, 2.24) is 9.21 Å². The number of benzene rings is 3. The van der Waals surface area contributed by atoms with E-state index in [1.807, 2.05) is 6.92 Å². The fraction of sp³-hybridized carbons (Fsp3) is 0.240. The third kappa shape index (κ3) is 5.27. The van der Waals surface area contributed by atoms with Crippen molar-refractivity contribution in [1.29, 1.82) is 0 Å². The Bertz CT molecular complexity index is 1450. The summed E-state index contributed by atoms with van der Waals surface area (Å²) in [5, 5.41) is 0.438. The third-order valence-electron chi connectivity index (χ3n) is 6.13. The lowest BCUT2D eigenvalue weighted by molar-refractivity contribution is 0.0698. The van der Waals surface area contributed by atoms with E-state index in [2.05, 4.69) is 0 Å². The van der Waals surface area contributed by atoms with Crippen LogP contribution in [0.25, 0.3) is 0 Å². The molecule has 1 aliphatic rings. The number of rotatable bonds is 6. The molecule has 1 aliphatic heterocycles. The van der Waals surface area contributed by atoms with Crippen LogP contribution in [0.2, 0.25) is 5.02 Å². The van der Waals surface area contributed by atoms with Crippen molar-refractivity contribution in [2.45, 2.75) is 16.7 Å². The number of sulfonamides is 2. The second-order valence-corrected chi connectivity index (χ2v) is 12.8. The van der Waals surface area contributed by atoms with Crippen LogP contribution in [0.15, 0.2) is 82.6 Å². The van der Waals surface area contributed by atoms with Crippen LogP contribution in [0.4, 0.5) is 5.69 Å². The van der Waals surface area contributed by atoms with E-state index in [0.29, 0.717) is 16.3 Å². The van der Waals surface area contributed by atoms with E-state index in [1.54, 1.807) is 53.4 Å². The van der Waals surface area contributed by atoms with Crippen molar-refractivity contribution in [3.63, 3.8) is 0 Å². The molecule has 3 aromatic carbocycles. The molecular weight excluding hydrogens is 522 g/mol. The number of hydrogen-bond donors (Lipinski definition) is 0. The Kier molecular flexibility index (Phi) is 7.42. The zero-order chi connectivity index (χ0) is 26.1. The number of anilines is 1. The van der Waals surface area contributed by atoms with Gasteiger partial charge in [-0.25, -0.2) is 16.8 Å². The predicted molar refractivity (Wildman–Crippen MR) is 139 cm³/mol. The molecule has 0 bridgehead atoms. The standard InChI is InChI=1S/C25H26ClN3O5S2/c1-19-3-11-24(12-4-19)36(33,34)29-17-15-28(16-18-29)25(30)20-5-9-22(10-6-20)27(2)35(31,32)23-13-7-21(26)8-14-23/h3-14H,15-18H2,1-2H3. The SMILES string of the molecule is Cc1ccc(S(=O)(=O)N2CCN(C(=O)c3ccc(N(C)S(=O)(=O)c4ccc(Cl)cc4)cc3)CC2)cc1. The fourth-order valence-corrected chi connectivity index (χ4v) is 6.63. The molecule has 3 aromatic rings. The minimum Gasteiger partial charge on any atom is -0.336 e. The molecule has 0 radical (unpaired) electrons. The van der Waals surface area contributed by atoms with E-state index in [-0.39, 0.29) is 41.9 Å². The van der Waals surface area contributed by atoms with E-state index < -0.39 is 20.0 Å². The Morgan fingerprint density at radius 1 is 0.778 bits per heavy atom. The summed E-state index contributed by atoms with van der Waals surface area (Å²) in [4.78, 5) is 15.0. The van der Waals surface area contributed by atoms with Crippen molar-refractivity contribution < 1.29 is 21.6 Å². The molecule has 0 N–H and O–H groups in total. The van der Waals surface area contributed by atoms with Gasteiger partial charge in [0.05, 0.1) is 15.5 Å². The van der Waals surface area contributed by atoms with Gasteiger partial charge in [0.15, 0.2) is 0 Å². The van der Waals surface area contributed by atoms with E-state index in [0.717, 1.165) is 9.87 Å². The number of piperazine rings is 1. The van der Waals surface area contributed by atoms with Crippen LogP contribution in [0.5, 0.6) is 0 Å². The van der Waals surface area contributed by atoms with Gasteiger partial charge >= 0.3 is 0 Å². The van der Waals surface area contributed by atoms with Crippen LogP contribution >= 0.6 is 11.6 Å². The van der Waals surface area contributed by atoms with Crippen molar-refractivity contribution in [3.8, 4) is 0 Å². The van der Waals surface area contributed by atoms with Crippen LogP contribution < -0.4 is 4.31 Å². The largest absolute Gasteiger partial charge is 0.336 e. The molecule has 11 heteroatoms. The van der Waals surface area contributed by atoms with Gasteiger partial charge in [0.2, 0.25) is 10.0 Å². The summed E-state index contributed by atoms with van der Waals surface area (Å²) in [6.07, 6.45) is 0. The number of amides is 1. The summed E-state index contributed by atoms with van der Waals surface area (Å²) in [5.74, 6) is -0.239. The molecule has 0 aromatic heterocycles. The summed E-state index contributed by atoms with van der Waals surface area (Å²) in [5.41, 5.74) is 1.77. The molecule has 1 amide bonds. The highest BCUT2D eigenvalue weighted by molar-refractivity contribution is 7.92. The van der Waals surface area contributed by atoms with Crippen LogP contribution in [0.1, 0.15) is 15.9 Å². The number of carbonyl (C=O) groups excluding carboxylic acids is 1. The van der Waals surface area contributed by atoms with Crippen LogP contribution in [0, 0.1) is 6.92 Å². The molecule has 0 saturated carbocycles. The van der Waals surface area contributed by atoms with Gasteiger partial charge in [-0.3, -0.25) is 9.10 Å². The zero-order valence-electron chi connectivity index (χ0n) is 19.8. The normalized spacial score (nSPS) is 15.0. The van der Waals surface area contributed by atoms with E-state index >= 15 is 0 Å². The average molecular weight is 548 g/mol. The molecule has 0 spiro atoms. The van der Waals surface area contributed by atoms with Gasteiger partial charge in [0, 0.05) is 43.8 Å². The highest BCUT2D eigenvalue weighted by Gasteiger charge is 2.30. The summed E-state index contributed by atoms with van der Waals surface area (Å²) in [6, 6.07) is 18.9. The first kappa shape index (κ1) is 26.2. The first-order valence-electron chi connectivity index (χ1n) is 11.2. The topological polar surface area (TPSA) is 95.1 Å². The van der Waals surface area contributed by atoms with E-state index in [9.17, 15) is 21.6 Å². The lowest BCUT2D eigenvalue weighted by atomic mass is 10.1. The Morgan fingerprint density at radius 2 is 1.31 bits per heavy atom.